The number of hydrogen-bond acceptors (Lipinski definition) is 3. The molecule has 4 nitrogen and oxygen atoms in total. The van der Waals surface area contributed by atoms with E-state index in [1.807, 2.05) is 42.5 Å². The van der Waals surface area contributed by atoms with Crippen molar-refractivity contribution in [1.82, 2.24) is 10.2 Å². The fraction of sp³-hybridized carbons (Fsp3) is 0.367. The van der Waals surface area contributed by atoms with E-state index in [-0.39, 0.29) is 5.91 Å². The van der Waals surface area contributed by atoms with Crippen LogP contribution in [0.25, 0.3) is 11.1 Å². The first-order valence-electron chi connectivity index (χ1n) is 12.5. The predicted molar refractivity (Wildman–Crippen MR) is 139 cm³/mol. The Balaban J connectivity index is 1.20. The highest BCUT2D eigenvalue weighted by molar-refractivity contribution is 5.94. The maximum Gasteiger partial charge on any atom is 0.251 e. The van der Waals surface area contributed by atoms with Crippen LogP contribution in [0.4, 0.5) is 0 Å². The molecule has 0 heterocycles. The number of ether oxygens (including phenoxy) is 1. The number of carbonyl (C=O) groups excluding carboxylic acids is 1. The van der Waals surface area contributed by atoms with Gasteiger partial charge in [0.1, 0.15) is 5.75 Å². The molecule has 0 unspecified atom stereocenters. The average molecular weight is 457 g/mol. The molecule has 1 atom stereocenters. The summed E-state index contributed by atoms with van der Waals surface area (Å²) in [7, 11) is 1.76. The number of methoxy groups -OCH3 is 1. The Morgan fingerprint density at radius 1 is 0.971 bits per heavy atom. The first kappa shape index (κ1) is 24.0. The SMILES string of the molecule is CCN(CCCCNC(=O)c1ccc(-c2ccccc2)cc1)[C@@H]1CCc2c(cccc2OC)C1. The minimum absolute atomic E-state index is 0.00444. The van der Waals surface area contributed by atoms with Gasteiger partial charge in [-0.05, 0) is 85.6 Å². The Labute approximate surface area is 204 Å². The highest BCUT2D eigenvalue weighted by Crippen LogP contribution is 2.31. The summed E-state index contributed by atoms with van der Waals surface area (Å²) in [6.45, 7) is 5.09. The molecule has 34 heavy (non-hydrogen) atoms. The van der Waals surface area contributed by atoms with Crippen molar-refractivity contribution < 1.29 is 9.53 Å². The molecule has 0 spiro atoms. The Hall–Kier alpha value is -3.11. The average Bonchev–Trinajstić information content (AvgIpc) is 2.90. The molecule has 0 saturated heterocycles. The minimum Gasteiger partial charge on any atom is -0.496 e. The van der Waals surface area contributed by atoms with Crippen LogP contribution < -0.4 is 10.1 Å². The van der Waals surface area contributed by atoms with Gasteiger partial charge >= 0.3 is 0 Å². The predicted octanol–water partition coefficient (Wildman–Crippen LogP) is 5.75. The standard InChI is InChI=1S/C30H36N2O2/c1-3-32(27-18-19-28-26(22-27)12-9-13-29(28)34-2)21-8-7-20-31-30(33)25-16-14-24(15-17-25)23-10-5-4-6-11-23/h4-6,9-17,27H,3,7-8,18-22H2,1-2H3,(H,31,33)/t27-/m1/s1. The number of hydrogen-bond donors (Lipinski definition) is 1. The van der Waals surface area contributed by atoms with Crippen molar-refractivity contribution in [3.8, 4) is 16.9 Å². The molecular weight excluding hydrogens is 420 g/mol. The van der Waals surface area contributed by atoms with Gasteiger partial charge in [0.15, 0.2) is 0 Å². The molecule has 0 fully saturated rings. The largest absolute Gasteiger partial charge is 0.496 e. The summed E-state index contributed by atoms with van der Waals surface area (Å²) < 4.78 is 5.56. The van der Waals surface area contributed by atoms with Gasteiger partial charge in [0, 0.05) is 18.2 Å². The molecule has 1 N–H and O–H groups in total. The smallest absolute Gasteiger partial charge is 0.251 e. The van der Waals surface area contributed by atoms with Crippen molar-refractivity contribution in [2.45, 2.75) is 45.1 Å². The normalized spacial score (nSPS) is 15.1. The van der Waals surface area contributed by atoms with Gasteiger partial charge in [-0.2, -0.15) is 0 Å². The van der Waals surface area contributed by atoms with E-state index >= 15 is 0 Å². The maximum absolute atomic E-state index is 12.5. The number of carbonyl (C=O) groups is 1. The summed E-state index contributed by atoms with van der Waals surface area (Å²) in [5.74, 6) is 1.04. The summed E-state index contributed by atoms with van der Waals surface area (Å²) in [6.07, 6.45) is 5.43. The van der Waals surface area contributed by atoms with Crippen LogP contribution >= 0.6 is 0 Å². The van der Waals surface area contributed by atoms with Gasteiger partial charge in [-0.1, -0.05) is 61.5 Å². The number of likely N-dealkylation sites (N-methyl/N-ethyl adjacent to an activating group) is 1. The van der Waals surface area contributed by atoms with Crippen LogP contribution in [0.15, 0.2) is 72.8 Å². The van der Waals surface area contributed by atoms with E-state index in [0.29, 0.717) is 18.2 Å². The zero-order valence-electron chi connectivity index (χ0n) is 20.4. The molecule has 1 amide bonds. The van der Waals surface area contributed by atoms with Crippen molar-refractivity contribution in [3.63, 3.8) is 0 Å². The van der Waals surface area contributed by atoms with Crippen molar-refractivity contribution in [2.75, 3.05) is 26.7 Å². The topological polar surface area (TPSA) is 41.6 Å². The molecule has 4 heteroatoms. The lowest BCUT2D eigenvalue weighted by Crippen LogP contribution is -2.40. The fourth-order valence-corrected chi connectivity index (χ4v) is 5.04. The lowest BCUT2D eigenvalue weighted by atomic mass is 9.86. The second-order valence-corrected chi connectivity index (χ2v) is 9.03. The molecule has 0 saturated carbocycles. The second kappa shape index (κ2) is 11.8. The van der Waals surface area contributed by atoms with E-state index in [4.69, 9.17) is 4.74 Å². The lowest BCUT2D eigenvalue weighted by molar-refractivity contribution is 0.0952. The Bertz CT molecular complexity index is 1060. The van der Waals surface area contributed by atoms with Crippen LogP contribution in [-0.2, 0) is 12.8 Å². The van der Waals surface area contributed by atoms with Gasteiger partial charge in [0.2, 0.25) is 0 Å². The van der Waals surface area contributed by atoms with Crippen LogP contribution in [0.2, 0.25) is 0 Å². The van der Waals surface area contributed by atoms with E-state index in [9.17, 15) is 4.79 Å². The van der Waals surface area contributed by atoms with E-state index in [2.05, 4.69) is 47.5 Å². The number of fused-ring (bicyclic) bond motifs is 1. The molecule has 1 aliphatic rings. The molecule has 0 aliphatic heterocycles. The minimum atomic E-state index is 0.00444. The molecule has 3 aromatic rings. The van der Waals surface area contributed by atoms with E-state index in [1.165, 1.54) is 17.5 Å². The third-order valence-corrected chi connectivity index (χ3v) is 6.97. The third-order valence-electron chi connectivity index (χ3n) is 6.97. The summed E-state index contributed by atoms with van der Waals surface area (Å²) in [5.41, 5.74) is 5.82. The van der Waals surface area contributed by atoms with Crippen molar-refractivity contribution >= 4 is 5.91 Å². The Morgan fingerprint density at radius 2 is 1.74 bits per heavy atom. The van der Waals surface area contributed by atoms with Crippen molar-refractivity contribution in [1.29, 1.82) is 0 Å². The zero-order valence-corrected chi connectivity index (χ0v) is 20.4. The Kier molecular flexibility index (Phi) is 8.37. The first-order chi connectivity index (χ1) is 16.7. The van der Waals surface area contributed by atoms with E-state index in [1.54, 1.807) is 7.11 Å². The highest BCUT2D eigenvalue weighted by Gasteiger charge is 2.24. The van der Waals surface area contributed by atoms with Crippen LogP contribution in [-0.4, -0.2) is 43.6 Å². The van der Waals surface area contributed by atoms with Gasteiger partial charge in [-0.3, -0.25) is 4.79 Å². The number of unbranched alkanes of at least 4 members (excludes halogenated alkanes) is 1. The highest BCUT2D eigenvalue weighted by atomic mass is 16.5. The molecule has 178 valence electrons. The van der Waals surface area contributed by atoms with Crippen LogP contribution in [0, 0.1) is 0 Å². The maximum atomic E-state index is 12.5. The zero-order chi connectivity index (χ0) is 23.8. The van der Waals surface area contributed by atoms with E-state index in [0.717, 1.165) is 55.6 Å². The van der Waals surface area contributed by atoms with Gasteiger partial charge < -0.3 is 15.0 Å². The number of rotatable bonds is 10. The third kappa shape index (κ3) is 5.87. The summed E-state index contributed by atoms with van der Waals surface area (Å²) >= 11 is 0. The first-order valence-corrected chi connectivity index (χ1v) is 12.5. The monoisotopic (exact) mass is 456 g/mol. The second-order valence-electron chi connectivity index (χ2n) is 9.03. The van der Waals surface area contributed by atoms with Crippen molar-refractivity contribution in [3.05, 3.63) is 89.5 Å². The molecular formula is C30H36N2O2. The van der Waals surface area contributed by atoms with E-state index < -0.39 is 0 Å². The fourth-order valence-electron chi connectivity index (χ4n) is 5.04. The molecule has 4 rings (SSSR count). The number of nitrogens with one attached hydrogen (secondary N) is 1. The van der Waals surface area contributed by atoms with Gasteiger partial charge in [0.05, 0.1) is 7.11 Å². The summed E-state index contributed by atoms with van der Waals surface area (Å²) in [4.78, 5) is 15.1. The van der Waals surface area contributed by atoms with Crippen molar-refractivity contribution in [2.24, 2.45) is 0 Å². The van der Waals surface area contributed by atoms with Gasteiger partial charge in [0.25, 0.3) is 5.91 Å². The van der Waals surface area contributed by atoms with Gasteiger partial charge in [-0.15, -0.1) is 0 Å². The summed E-state index contributed by atoms with van der Waals surface area (Å²) in [5, 5.41) is 3.08. The Morgan fingerprint density at radius 3 is 2.47 bits per heavy atom. The molecule has 0 aromatic heterocycles. The van der Waals surface area contributed by atoms with Gasteiger partial charge in [-0.25, -0.2) is 0 Å². The molecule has 1 aliphatic carbocycles. The summed E-state index contributed by atoms with van der Waals surface area (Å²) in [6, 6.07) is 25.1. The molecule has 0 bridgehead atoms. The van der Waals surface area contributed by atoms with Crippen LogP contribution in [0.3, 0.4) is 0 Å². The molecule has 3 aromatic carbocycles. The number of nitrogens with zero attached hydrogens (tertiary/aromatic N) is 1. The quantitative estimate of drug-likeness (QED) is 0.395. The lowest BCUT2D eigenvalue weighted by Gasteiger charge is -2.35. The number of benzene rings is 3. The number of amides is 1. The van der Waals surface area contributed by atoms with Crippen LogP contribution in [0.5, 0.6) is 5.75 Å². The van der Waals surface area contributed by atoms with Crippen LogP contribution in [0.1, 0.15) is 47.7 Å². The molecule has 0 radical (unpaired) electrons.